The standard InChI is InChI=1S/C23H27NO6/c1-13(14(2)25)24-19-9-6-15(10-18(19)23(3,4)5)21(27)12-30-16-7-8-17(22(28)29)20(26)11-16/h6-11,13,24,26H,12H2,1-5H3,(H,28,29). The van der Waals surface area contributed by atoms with Gasteiger partial charge in [-0.05, 0) is 55.2 Å². The minimum atomic E-state index is -1.25. The molecular formula is C23H27NO6. The van der Waals surface area contributed by atoms with Crippen molar-refractivity contribution in [1.29, 1.82) is 0 Å². The number of aromatic carboxylic acids is 1. The van der Waals surface area contributed by atoms with E-state index >= 15 is 0 Å². The van der Waals surface area contributed by atoms with Crippen molar-refractivity contribution in [3.05, 3.63) is 53.1 Å². The fourth-order valence-electron chi connectivity index (χ4n) is 2.81. The normalized spacial score (nSPS) is 12.2. The summed E-state index contributed by atoms with van der Waals surface area (Å²) in [6.07, 6.45) is 0. The molecule has 0 bridgehead atoms. The third-order valence-corrected chi connectivity index (χ3v) is 4.70. The number of phenols is 1. The Hall–Kier alpha value is -3.35. The van der Waals surface area contributed by atoms with Crippen LogP contribution in [0, 0.1) is 0 Å². The number of nitrogens with one attached hydrogen (secondary N) is 1. The Bertz CT molecular complexity index is 974. The van der Waals surface area contributed by atoms with Gasteiger partial charge in [0.15, 0.2) is 18.2 Å². The van der Waals surface area contributed by atoms with Gasteiger partial charge < -0.3 is 20.3 Å². The summed E-state index contributed by atoms with van der Waals surface area (Å²) in [5, 5.41) is 21.9. The zero-order chi connectivity index (χ0) is 22.6. The topological polar surface area (TPSA) is 113 Å². The summed E-state index contributed by atoms with van der Waals surface area (Å²) >= 11 is 0. The van der Waals surface area contributed by atoms with Crippen LogP contribution in [0.25, 0.3) is 0 Å². The second-order valence-electron chi connectivity index (χ2n) is 8.18. The van der Waals surface area contributed by atoms with Crippen LogP contribution >= 0.6 is 0 Å². The molecule has 0 radical (unpaired) electrons. The zero-order valence-corrected chi connectivity index (χ0v) is 17.8. The number of rotatable bonds is 8. The molecule has 2 rings (SSSR count). The Morgan fingerprint density at radius 1 is 1.10 bits per heavy atom. The van der Waals surface area contributed by atoms with Gasteiger partial charge in [0.05, 0.1) is 6.04 Å². The van der Waals surface area contributed by atoms with Crippen LogP contribution in [0.1, 0.15) is 60.9 Å². The number of benzene rings is 2. The molecule has 0 amide bonds. The molecule has 2 aromatic rings. The van der Waals surface area contributed by atoms with Gasteiger partial charge in [0.1, 0.15) is 17.1 Å². The molecule has 160 valence electrons. The van der Waals surface area contributed by atoms with Gasteiger partial charge in [-0.3, -0.25) is 9.59 Å². The van der Waals surface area contributed by atoms with Crippen molar-refractivity contribution < 1.29 is 29.3 Å². The summed E-state index contributed by atoms with van der Waals surface area (Å²) in [5.41, 5.74) is 1.62. The third-order valence-electron chi connectivity index (χ3n) is 4.70. The van der Waals surface area contributed by atoms with Gasteiger partial charge in [0.25, 0.3) is 0 Å². The SMILES string of the molecule is CC(=O)C(C)Nc1ccc(C(=O)COc2ccc(C(=O)O)c(O)c2)cc1C(C)(C)C. The first-order valence-electron chi connectivity index (χ1n) is 9.54. The molecule has 1 unspecified atom stereocenters. The largest absolute Gasteiger partial charge is 0.507 e. The van der Waals surface area contributed by atoms with Crippen LogP contribution in [0.2, 0.25) is 0 Å². The van der Waals surface area contributed by atoms with Gasteiger partial charge in [-0.15, -0.1) is 0 Å². The van der Waals surface area contributed by atoms with E-state index in [9.17, 15) is 19.5 Å². The maximum Gasteiger partial charge on any atom is 0.339 e. The predicted molar refractivity (Wildman–Crippen MR) is 114 cm³/mol. The molecule has 0 saturated heterocycles. The van der Waals surface area contributed by atoms with E-state index in [1.807, 2.05) is 20.8 Å². The monoisotopic (exact) mass is 413 g/mol. The molecule has 2 aromatic carbocycles. The smallest absolute Gasteiger partial charge is 0.339 e. The average molecular weight is 413 g/mol. The number of hydrogen-bond donors (Lipinski definition) is 3. The predicted octanol–water partition coefficient (Wildman–Crippen LogP) is 4.04. The van der Waals surface area contributed by atoms with E-state index in [2.05, 4.69) is 5.32 Å². The molecule has 0 saturated carbocycles. The van der Waals surface area contributed by atoms with Gasteiger partial charge in [0, 0.05) is 17.3 Å². The molecule has 0 spiro atoms. The maximum absolute atomic E-state index is 12.6. The highest BCUT2D eigenvalue weighted by Gasteiger charge is 2.22. The first kappa shape index (κ1) is 22.9. The highest BCUT2D eigenvalue weighted by molar-refractivity contribution is 5.98. The van der Waals surface area contributed by atoms with Gasteiger partial charge in [-0.2, -0.15) is 0 Å². The Kier molecular flexibility index (Phi) is 6.87. The second-order valence-corrected chi connectivity index (χ2v) is 8.18. The van der Waals surface area contributed by atoms with Gasteiger partial charge in [-0.1, -0.05) is 20.8 Å². The Morgan fingerprint density at radius 2 is 1.77 bits per heavy atom. The van der Waals surface area contributed by atoms with Crippen LogP contribution in [-0.2, 0) is 10.2 Å². The summed E-state index contributed by atoms with van der Waals surface area (Å²) < 4.78 is 5.43. The number of carbonyl (C=O) groups excluding carboxylic acids is 2. The molecule has 7 nitrogen and oxygen atoms in total. The van der Waals surface area contributed by atoms with Crippen molar-refractivity contribution >= 4 is 23.2 Å². The van der Waals surface area contributed by atoms with Crippen LogP contribution in [0.15, 0.2) is 36.4 Å². The number of ketones is 2. The summed E-state index contributed by atoms with van der Waals surface area (Å²) in [4.78, 5) is 35.2. The van der Waals surface area contributed by atoms with Crippen LogP contribution in [-0.4, -0.2) is 40.4 Å². The lowest BCUT2D eigenvalue weighted by Gasteiger charge is -2.25. The van der Waals surface area contributed by atoms with E-state index in [0.29, 0.717) is 5.56 Å². The van der Waals surface area contributed by atoms with Crippen molar-refractivity contribution in [1.82, 2.24) is 0 Å². The Balaban J connectivity index is 2.20. The maximum atomic E-state index is 12.6. The second kappa shape index (κ2) is 8.98. The van der Waals surface area contributed by atoms with E-state index in [-0.39, 0.29) is 40.9 Å². The number of carboxylic acids is 1. The minimum Gasteiger partial charge on any atom is -0.507 e. The summed E-state index contributed by atoms with van der Waals surface area (Å²) in [6.45, 7) is 9.08. The van der Waals surface area contributed by atoms with Crippen molar-refractivity contribution in [2.75, 3.05) is 11.9 Å². The first-order chi connectivity index (χ1) is 13.9. The van der Waals surface area contributed by atoms with Crippen LogP contribution < -0.4 is 10.1 Å². The molecular weight excluding hydrogens is 386 g/mol. The van der Waals surface area contributed by atoms with Crippen molar-refractivity contribution in [2.24, 2.45) is 0 Å². The molecule has 0 fully saturated rings. The van der Waals surface area contributed by atoms with Gasteiger partial charge in [0.2, 0.25) is 0 Å². The number of carboxylic acid groups (broad SMARTS) is 1. The van der Waals surface area contributed by atoms with Crippen LogP contribution in [0.3, 0.4) is 0 Å². The highest BCUT2D eigenvalue weighted by Crippen LogP contribution is 2.31. The lowest BCUT2D eigenvalue weighted by Crippen LogP contribution is -2.26. The molecule has 0 aliphatic carbocycles. The lowest BCUT2D eigenvalue weighted by atomic mass is 9.84. The van der Waals surface area contributed by atoms with Gasteiger partial charge >= 0.3 is 5.97 Å². The number of ether oxygens (including phenoxy) is 1. The number of carbonyl (C=O) groups is 3. The fourth-order valence-corrected chi connectivity index (χ4v) is 2.81. The molecule has 3 N–H and O–H groups in total. The Labute approximate surface area is 175 Å². The van der Waals surface area contributed by atoms with E-state index in [0.717, 1.165) is 17.3 Å². The quantitative estimate of drug-likeness (QED) is 0.560. The first-order valence-corrected chi connectivity index (χ1v) is 9.54. The number of aromatic hydroxyl groups is 1. The molecule has 0 heterocycles. The van der Waals surface area contributed by atoms with Crippen LogP contribution in [0.5, 0.6) is 11.5 Å². The van der Waals surface area contributed by atoms with E-state index in [4.69, 9.17) is 9.84 Å². The van der Waals surface area contributed by atoms with Crippen molar-refractivity contribution in [2.45, 2.75) is 46.1 Å². The lowest BCUT2D eigenvalue weighted by molar-refractivity contribution is -0.117. The number of Topliss-reactive ketones (excluding diaryl/α,β-unsaturated/α-hetero) is 2. The van der Waals surface area contributed by atoms with Crippen molar-refractivity contribution in [3.63, 3.8) is 0 Å². The van der Waals surface area contributed by atoms with E-state index in [1.165, 1.54) is 19.1 Å². The minimum absolute atomic E-state index is 0.0144. The van der Waals surface area contributed by atoms with E-state index in [1.54, 1.807) is 25.1 Å². The summed E-state index contributed by atoms with van der Waals surface area (Å²) in [7, 11) is 0. The van der Waals surface area contributed by atoms with Gasteiger partial charge in [-0.25, -0.2) is 4.79 Å². The van der Waals surface area contributed by atoms with Crippen LogP contribution in [0.4, 0.5) is 5.69 Å². The summed E-state index contributed by atoms with van der Waals surface area (Å²) in [5.74, 6) is -1.75. The average Bonchev–Trinajstić information content (AvgIpc) is 2.65. The summed E-state index contributed by atoms with van der Waals surface area (Å²) in [6, 6.07) is 8.64. The molecule has 0 aromatic heterocycles. The highest BCUT2D eigenvalue weighted by atomic mass is 16.5. The Morgan fingerprint density at radius 3 is 2.30 bits per heavy atom. The molecule has 1 atom stereocenters. The third kappa shape index (κ3) is 5.59. The van der Waals surface area contributed by atoms with E-state index < -0.39 is 11.7 Å². The molecule has 0 aliphatic rings. The van der Waals surface area contributed by atoms with Crippen molar-refractivity contribution in [3.8, 4) is 11.5 Å². The molecule has 0 aliphatic heterocycles. The fraction of sp³-hybridized carbons (Fsp3) is 0.348. The zero-order valence-electron chi connectivity index (χ0n) is 17.8. The molecule has 30 heavy (non-hydrogen) atoms. The number of hydrogen-bond acceptors (Lipinski definition) is 6. The number of anilines is 1. The molecule has 7 heteroatoms.